The molecular weight excluding hydrogens is 556 g/mol. The average molecular weight is 601 g/mol. The van der Waals surface area contributed by atoms with Crippen molar-refractivity contribution in [2.45, 2.75) is 75.3 Å². The van der Waals surface area contributed by atoms with Crippen molar-refractivity contribution in [3.63, 3.8) is 0 Å². The predicted octanol–water partition coefficient (Wildman–Crippen LogP) is 6.96. The zero-order valence-electron chi connectivity index (χ0n) is 25.7. The number of piperazine rings is 1. The van der Waals surface area contributed by atoms with Crippen molar-refractivity contribution in [1.29, 1.82) is 0 Å². The van der Waals surface area contributed by atoms with Gasteiger partial charge < -0.3 is 25.2 Å². The minimum atomic E-state index is -0.989. The molecule has 1 fully saturated rings. The number of thioether (sulfide) groups is 1. The summed E-state index contributed by atoms with van der Waals surface area (Å²) in [6, 6.07) is 24.7. The Bertz CT molecular complexity index is 1430. The first kappa shape index (κ1) is 31.2. The van der Waals surface area contributed by atoms with Gasteiger partial charge in [0.15, 0.2) is 0 Å². The van der Waals surface area contributed by atoms with Crippen LogP contribution in [0.25, 0.3) is 0 Å². The Labute approximate surface area is 260 Å². The van der Waals surface area contributed by atoms with Gasteiger partial charge in [-0.05, 0) is 72.1 Å². The second-order valence-electron chi connectivity index (χ2n) is 12.7. The Morgan fingerprint density at radius 3 is 2.49 bits per heavy atom. The molecule has 3 aromatic rings. The zero-order valence-corrected chi connectivity index (χ0v) is 26.6. The molecule has 228 valence electrons. The van der Waals surface area contributed by atoms with E-state index in [2.05, 4.69) is 61.7 Å². The number of esters is 1. The molecule has 2 aliphatic heterocycles. The Morgan fingerprint density at radius 1 is 1.05 bits per heavy atom. The van der Waals surface area contributed by atoms with Crippen LogP contribution in [0.1, 0.15) is 62.3 Å². The Balaban J connectivity index is 1.38. The smallest absolute Gasteiger partial charge is 0.349 e. The van der Waals surface area contributed by atoms with Crippen LogP contribution in [0.5, 0.6) is 5.75 Å². The number of carbonyl (C=O) groups is 1. The van der Waals surface area contributed by atoms with Gasteiger partial charge in [-0.25, -0.2) is 4.79 Å². The maximum absolute atomic E-state index is 13.7. The normalized spacial score (nSPS) is 21.0. The summed E-state index contributed by atoms with van der Waals surface area (Å²) in [7, 11) is 0. The highest BCUT2D eigenvalue weighted by molar-refractivity contribution is 8.04. The van der Waals surface area contributed by atoms with E-state index in [9.17, 15) is 9.90 Å². The molecular formula is C36H44N2O4S. The Kier molecular flexibility index (Phi) is 9.85. The summed E-state index contributed by atoms with van der Waals surface area (Å²) >= 11 is 1.31. The third kappa shape index (κ3) is 7.83. The van der Waals surface area contributed by atoms with Crippen molar-refractivity contribution >= 4 is 17.7 Å². The first-order valence-electron chi connectivity index (χ1n) is 15.3. The van der Waals surface area contributed by atoms with E-state index in [1.54, 1.807) is 0 Å². The third-order valence-electron chi connectivity index (χ3n) is 8.25. The highest BCUT2D eigenvalue weighted by atomic mass is 32.2. The molecule has 0 spiro atoms. The van der Waals surface area contributed by atoms with Crippen LogP contribution in [0.4, 0.5) is 0 Å². The van der Waals surface area contributed by atoms with E-state index in [1.165, 1.54) is 11.8 Å². The fourth-order valence-corrected chi connectivity index (χ4v) is 7.06. The van der Waals surface area contributed by atoms with Gasteiger partial charge >= 0.3 is 5.97 Å². The first-order chi connectivity index (χ1) is 20.6. The molecule has 2 atom stereocenters. The quantitative estimate of drug-likeness (QED) is 0.217. The number of benzene rings is 3. The summed E-state index contributed by atoms with van der Waals surface area (Å²) in [6.45, 7) is 12.1. The van der Waals surface area contributed by atoms with E-state index in [-0.39, 0.29) is 22.5 Å². The average Bonchev–Trinajstić information content (AvgIpc) is 2.99. The predicted molar refractivity (Wildman–Crippen MR) is 174 cm³/mol. The highest BCUT2D eigenvalue weighted by Gasteiger charge is 2.44. The van der Waals surface area contributed by atoms with Crippen LogP contribution in [-0.2, 0) is 27.0 Å². The topological polar surface area (TPSA) is 79.8 Å². The largest absolute Gasteiger partial charge is 0.511 e. The van der Waals surface area contributed by atoms with Crippen LogP contribution >= 0.6 is 11.8 Å². The molecule has 2 aliphatic rings. The van der Waals surface area contributed by atoms with Crippen molar-refractivity contribution in [1.82, 2.24) is 10.6 Å². The van der Waals surface area contributed by atoms with Crippen LogP contribution in [0.15, 0.2) is 88.4 Å². The number of carbonyl (C=O) groups excluding carboxylic acids is 1. The summed E-state index contributed by atoms with van der Waals surface area (Å²) in [5, 5.41) is 18.4. The van der Waals surface area contributed by atoms with E-state index in [0.29, 0.717) is 25.5 Å². The molecule has 6 nitrogen and oxygen atoms in total. The lowest BCUT2D eigenvalue weighted by Crippen LogP contribution is -2.48. The lowest BCUT2D eigenvalue weighted by Gasteiger charge is -2.38. The van der Waals surface area contributed by atoms with Crippen molar-refractivity contribution in [2.75, 3.05) is 26.2 Å². The number of hydrogen-bond acceptors (Lipinski definition) is 7. The fourth-order valence-electron chi connectivity index (χ4n) is 5.80. The summed E-state index contributed by atoms with van der Waals surface area (Å²) < 4.78 is 12.4. The molecule has 2 unspecified atom stereocenters. The maximum Gasteiger partial charge on any atom is 0.349 e. The van der Waals surface area contributed by atoms with E-state index in [0.717, 1.165) is 59.0 Å². The van der Waals surface area contributed by atoms with Crippen LogP contribution in [0.3, 0.4) is 0 Å². The van der Waals surface area contributed by atoms with Crippen LogP contribution in [0, 0.1) is 6.92 Å². The van der Waals surface area contributed by atoms with E-state index >= 15 is 0 Å². The molecule has 0 bridgehead atoms. The lowest BCUT2D eigenvalue weighted by molar-refractivity contribution is -0.160. The van der Waals surface area contributed by atoms with Gasteiger partial charge in [0.1, 0.15) is 22.0 Å². The number of cyclic esters (lactones) is 1. The second-order valence-corrected chi connectivity index (χ2v) is 13.7. The number of rotatable bonds is 10. The minimum Gasteiger partial charge on any atom is -0.511 e. The number of aryl methyl sites for hydroxylation is 2. The van der Waals surface area contributed by atoms with Crippen molar-refractivity contribution in [2.24, 2.45) is 0 Å². The van der Waals surface area contributed by atoms with Gasteiger partial charge in [0.05, 0.1) is 13.0 Å². The molecule has 0 radical (unpaired) electrons. The summed E-state index contributed by atoms with van der Waals surface area (Å²) in [6.07, 6.45) is 2.38. The third-order valence-corrected chi connectivity index (χ3v) is 9.41. The summed E-state index contributed by atoms with van der Waals surface area (Å²) in [5.74, 6) is 0.361. The summed E-state index contributed by atoms with van der Waals surface area (Å²) in [5.41, 5.74) is 3.13. The van der Waals surface area contributed by atoms with Crippen molar-refractivity contribution < 1.29 is 19.4 Å². The molecule has 2 heterocycles. The van der Waals surface area contributed by atoms with Gasteiger partial charge in [-0.1, -0.05) is 87.1 Å². The molecule has 0 aliphatic carbocycles. The van der Waals surface area contributed by atoms with E-state index < -0.39 is 11.6 Å². The minimum absolute atomic E-state index is 0.0737. The van der Waals surface area contributed by atoms with Crippen LogP contribution in [-0.4, -0.2) is 43.4 Å². The molecule has 3 N–H and O–H groups in total. The Hall–Kier alpha value is -3.26. The molecule has 5 rings (SSSR count). The fraction of sp³-hybridized carbons (Fsp3) is 0.417. The number of nitrogens with one attached hydrogen (secondary N) is 2. The molecule has 3 aromatic carbocycles. The van der Waals surface area contributed by atoms with Crippen LogP contribution < -0.4 is 15.4 Å². The number of aliphatic hydroxyl groups excluding tert-OH is 1. The molecule has 43 heavy (non-hydrogen) atoms. The highest BCUT2D eigenvalue weighted by Crippen LogP contribution is 2.46. The Morgan fingerprint density at radius 2 is 1.81 bits per heavy atom. The standard InChI is InChI=1S/C36H44N2O4S/c1-25-10-15-30(35(2,3)4)32(22-25)43-33-31(39)23-36(42-34(33)40,18-16-26-8-6-5-7-9-26)27-11-13-29(14-12-27)41-21-17-28-24-37-19-20-38-28/h5-15,22,28,37-39H,16-21,23-24H2,1-4H3. The SMILES string of the molecule is Cc1ccc(C(C)(C)C)c(SC2=C(O)CC(CCc3ccccc3)(c3ccc(OCCC4CNCCN4)cc3)OC2=O)c1. The second kappa shape index (κ2) is 13.6. The van der Waals surface area contributed by atoms with E-state index in [4.69, 9.17) is 9.47 Å². The summed E-state index contributed by atoms with van der Waals surface area (Å²) in [4.78, 5) is 14.9. The molecule has 0 aromatic heterocycles. The first-order valence-corrected chi connectivity index (χ1v) is 16.1. The van der Waals surface area contributed by atoms with Crippen LogP contribution in [0.2, 0.25) is 0 Å². The lowest BCUT2D eigenvalue weighted by atomic mass is 9.82. The van der Waals surface area contributed by atoms with Gasteiger partial charge in [0.25, 0.3) is 0 Å². The van der Waals surface area contributed by atoms with Gasteiger partial charge in [0, 0.05) is 30.6 Å². The number of ether oxygens (including phenoxy) is 2. The van der Waals surface area contributed by atoms with Gasteiger partial charge in [-0.3, -0.25) is 0 Å². The molecule has 7 heteroatoms. The van der Waals surface area contributed by atoms with Gasteiger partial charge in [-0.2, -0.15) is 0 Å². The van der Waals surface area contributed by atoms with Crippen molar-refractivity contribution in [3.05, 3.63) is 106 Å². The maximum atomic E-state index is 13.7. The molecule has 0 amide bonds. The van der Waals surface area contributed by atoms with Crippen molar-refractivity contribution in [3.8, 4) is 5.75 Å². The van der Waals surface area contributed by atoms with Gasteiger partial charge in [0.2, 0.25) is 0 Å². The molecule has 0 saturated carbocycles. The number of hydrogen-bond donors (Lipinski definition) is 3. The number of aliphatic hydroxyl groups is 1. The molecule has 1 saturated heterocycles. The van der Waals surface area contributed by atoms with Gasteiger partial charge in [-0.15, -0.1) is 0 Å². The monoisotopic (exact) mass is 600 g/mol. The van der Waals surface area contributed by atoms with E-state index in [1.807, 2.05) is 49.4 Å². The zero-order chi connectivity index (χ0) is 30.5.